The van der Waals surface area contributed by atoms with Crippen molar-refractivity contribution in [3.8, 4) is 33.8 Å². The molecule has 0 radical (unpaired) electrons. The monoisotopic (exact) mass is 501 g/mol. The van der Waals surface area contributed by atoms with E-state index in [4.69, 9.17) is 9.15 Å². The summed E-state index contributed by atoms with van der Waals surface area (Å²) in [6.45, 7) is 4.33. The minimum absolute atomic E-state index is 0.130. The summed E-state index contributed by atoms with van der Waals surface area (Å²) in [7, 11) is 0. The molecule has 2 aromatic carbocycles. The van der Waals surface area contributed by atoms with E-state index in [1.165, 1.54) is 30.5 Å². The van der Waals surface area contributed by atoms with Gasteiger partial charge in [-0.2, -0.15) is 0 Å². The molecular weight excluding hydrogens is 483 g/mol. The number of rotatable bonds is 4. The number of alkyl halides is 3. The van der Waals surface area contributed by atoms with Gasteiger partial charge in [0.25, 0.3) is 11.1 Å². The molecule has 0 unspecified atom stereocenters. The van der Waals surface area contributed by atoms with Crippen LogP contribution in [0.4, 0.5) is 18.0 Å². The highest BCUT2D eigenvalue weighted by Gasteiger charge is 2.37. The number of benzene rings is 2. The van der Waals surface area contributed by atoms with Crippen LogP contribution >= 0.6 is 11.8 Å². The van der Waals surface area contributed by atoms with E-state index in [-0.39, 0.29) is 15.9 Å². The fourth-order valence-corrected chi connectivity index (χ4v) is 4.73. The van der Waals surface area contributed by atoms with Gasteiger partial charge in [-0.15, -0.1) is 13.2 Å². The van der Waals surface area contributed by atoms with E-state index in [9.17, 15) is 22.8 Å². The van der Waals surface area contributed by atoms with E-state index >= 15 is 0 Å². The SMILES string of the molecule is CC1(C)COc2c(-c3cc(/C=C4/SC(=O)NC4=O)ccc3OC(F)(F)F)cc(-c3ccoc3)cc21. The number of ether oxygens (including phenoxy) is 2. The summed E-state index contributed by atoms with van der Waals surface area (Å²) in [4.78, 5) is 23.6. The smallest absolute Gasteiger partial charge is 0.492 e. The van der Waals surface area contributed by atoms with E-state index in [0.29, 0.717) is 23.5 Å². The molecule has 3 heterocycles. The number of carbonyl (C=O) groups excluding carboxylic acids is 2. The first kappa shape index (κ1) is 23.1. The van der Waals surface area contributed by atoms with Crippen molar-refractivity contribution < 1.29 is 36.7 Å². The summed E-state index contributed by atoms with van der Waals surface area (Å²) < 4.78 is 55.4. The molecule has 0 bridgehead atoms. The molecule has 10 heteroatoms. The highest BCUT2D eigenvalue weighted by molar-refractivity contribution is 8.18. The summed E-state index contributed by atoms with van der Waals surface area (Å²) in [6.07, 6.45) is -0.416. The quantitative estimate of drug-likeness (QED) is 0.411. The number of hydrogen-bond donors (Lipinski definition) is 1. The first-order chi connectivity index (χ1) is 16.5. The van der Waals surface area contributed by atoms with Gasteiger partial charge in [0.1, 0.15) is 11.5 Å². The molecule has 1 fully saturated rings. The van der Waals surface area contributed by atoms with Crippen LogP contribution in [0, 0.1) is 0 Å². The molecule has 1 aromatic heterocycles. The fraction of sp³-hybridized carbons (Fsp3) is 0.200. The van der Waals surface area contributed by atoms with Crippen LogP contribution in [0.25, 0.3) is 28.3 Å². The Morgan fingerprint density at radius 2 is 1.89 bits per heavy atom. The lowest BCUT2D eigenvalue weighted by Gasteiger charge is -2.19. The third-order valence-corrected chi connectivity index (χ3v) is 6.52. The van der Waals surface area contributed by atoms with Crippen molar-refractivity contribution in [1.82, 2.24) is 5.32 Å². The summed E-state index contributed by atoms with van der Waals surface area (Å²) in [5.74, 6) is -0.522. The topological polar surface area (TPSA) is 77.8 Å². The highest BCUT2D eigenvalue weighted by atomic mass is 32.2. The van der Waals surface area contributed by atoms with Gasteiger partial charge in [-0.25, -0.2) is 0 Å². The van der Waals surface area contributed by atoms with Crippen LogP contribution in [0.3, 0.4) is 0 Å². The first-order valence-electron chi connectivity index (χ1n) is 10.5. The maximum atomic E-state index is 13.3. The molecule has 2 amide bonds. The minimum atomic E-state index is -4.92. The van der Waals surface area contributed by atoms with Gasteiger partial charge in [-0.3, -0.25) is 14.9 Å². The molecule has 6 nitrogen and oxygen atoms in total. The maximum Gasteiger partial charge on any atom is 0.573 e. The van der Waals surface area contributed by atoms with E-state index in [2.05, 4.69) is 10.1 Å². The Morgan fingerprint density at radius 3 is 2.54 bits per heavy atom. The summed E-state index contributed by atoms with van der Waals surface area (Å²) >= 11 is 0.720. The number of imide groups is 1. The van der Waals surface area contributed by atoms with E-state index < -0.39 is 23.3 Å². The van der Waals surface area contributed by atoms with Crippen LogP contribution in [0.15, 0.2) is 58.2 Å². The lowest BCUT2D eigenvalue weighted by molar-refractivity contribution is -0.274. The molecule has 3 aromatic rings. The van der Waals surface area contributed by atoms with Crippen molar-refractivity contribution in [2.24, 2.45) is 0 Å². The standard InChI is InChI=1S/C25H18F3NO5S/c1-24(2)12-33-21-17(9-15(10-18(21)24)14-5-6-32-11-14)16-7-13(3-4-19(16)34-25(26,27)28)8-20-22(30)29-23(31)35-20/h3-11H,12H2,1-2H3,(H,29,30,31)/b20-8+. The van der Waals surface area contributed by atoms with Gasteiger partial charge >= 0.3 is 6.36 Å². The van der Waals surface area contributed by atoms with Crippen molar-refractivity contribution in [3.05, 3.63) is 65.0 Å². The average Bonchev–Trinajstić information content (AvgIpc) is 3.48. The average molecular weight is 501 g/mol. The summed E-state index contributed by atoms with van der Waals surface area (Å²) in [6, 6.07) is 9.48. The zero-order valence-corrected chi connectivity index (χ0v) is 19.3. The molecule has 1 saturated heterocycles. The second-order valence-electron chi connectivity index (χ2n) is 8.74. The molecule has 0 atom stereocenters. The van der Waals surface area contributed by atoms with Crippen LogP contribution in [-0.4, -0.2) is 24.1 Å². The van der Waals surface area contributed by atoms with E-state index in [0.717, 1.165) is 28.5 Å². The second kappa shape index (κ2) is 8.23. The lowest BCUT2D eigenvalue weighted by Crippen LogP contribution is -2.18. The number of halogens is 3. The Bertz CT molecular complexity index is 1380. The number of fused-ring (bicyclic) bond motifs is 1. The summed E-state index contributed by atoms with van der Waals surface area (Å²) in [5, 5.41) is 1.64. The fourth-order valence-electron chi connectivity index (χ4n) is 4.05. The minimum Gasteiger partial charge on any atom is -0.492 e. The van der Waals surface area contributed by atoms with Gasteiger partial charge in [0, 0.05) is 27.7 Å². The van der Waals surface area contributed by atoms with Gasteiger partial charge in [-0.1, -0.05) is 19.9 Å². The number of hydrogen-bond acceptors (Lipinski definition) is 6. The van der Waals surface area contributed by atoms with Crippen LogP contribution in [0.1, 0.15) is 25.0 Å². The molecule has 35 heavy (non-hydrogen) atoms. The normalized spacial score (nSPS) is 17.9. The molecule has 180 valence electrons. The Labute approximate surface area is 202 Å². The van der Waals surface area contributed by atoms with Crippen LogP contribution in [0.5, 0.6) is 11.5 Å². The molecule has 0 saturated carbocycles. The van der Waals surface area contributed by atoms with E-state index in [1.807, 2.05) is 19.9 Å². The molecule has 2 aliphatic heterocycles. The van der Waals surface area contributed by atoms with Crippen LogP contribution in [0.2, 0.25) is 0 Å². The number of nitrogens with one attached hydrogen (secondary N) is 1. The Morgan fingerprint density at radius 1 is 1.09 bits per heavy atom. The zero-order valence-electron chi connectivity index (χ0n) is 18.5. The highest BCUT2D eigenvalue weighted by Crippen LogP contribution is 2.49. The van der Waals surface area contributed by atoms with Crippen molar-refractivity contribution >= 4 is 29.0 Å². The van der Waals surface area contributed by atoms with Crippen molar-refractivity contribution in [3.63, 3.8) is 0 Å². The van der Waals surface area contributed by atoms with Gasteiger partial charge < -0.3 is 13.9 Å². The molecular formula is C25H18F3NO5S. The number of amides is 2. The molecule has 0 aliphatic carbocycles. The van der Waals surface area contributed by atoms with Gasteiger partial charge in [0.05, 0.1) is 24.0 Å². The Kier molecular flexibility index (Phi) is 5.43. The third-order valence-electron chi connectivity index (χ3n) is 5.71. The molecule has 2 aliphatic rings. The van der Waals surface area contributed by atoms with Gasteiger partial charge in [-0.05, 0) is 59.3 Å². The van der Waals surface area contributed by atoms with Crippen molar-refractivity contribution in [2.75, 3.05) is 6.61 Å². The second-order valence-corrected chi connectivity index (χ2v) is 9.76. The largest absolute Gasteiger partial charge is 0.573 e. The van der Waals surface area contributed by atoms with Crippen molar-refractivity contribution in [2.45, 2.75) is 25.6 Å². The van der Waals surface area contributed by atoms with Gasteiger partial charge in [0.15, 0.2) is 0 Å². The van der Waals surface area contributed by atoms with Crippen LogP contribution in [-0.2, 0) is 10.2 Å². The van der Waals surface area contributed by atoms with Crippen molar-refractivity contribution in [1.29, 1.82) is 0 Å². The third kappa shape index (κ3) is 4.53. The number of thioether (sulfide) groups is 1. The predicted octanol–water partition coefficient (Wildman–Crippen LogP) is 6.51. The lowest BCUT2D eigenvalue weighted by atomic mass is 9.83. The molecule has 0 spiro atoms. The Hall–Kier alpha value is -3.66. The predicted molar refractivity (Wildman–Crippen MR) is 124 cm³/mol. The number of carbonyl (C=O) groups is 2. The number of furan rings is 1. The molecule has 5 rings (SSSR count). The zero-order chi connectivity index (χ0) is 25.0. The van der Waals surface area contributed by atoms with E-state index in [1.54, 1.807) is 18.4 Å². The maximum absolute atomic E-state index is 13.3. The van der Waals surface area contributed by atoms with Gasteiger partial charge in [0.2, 0.25) is 0 Å². The van der Waals surface area contributed by atoms with Crippen LogP contribution < -0.4 is 14.8 Å². The Balaban J connectivity index is 1.72. The summed E-state index contributed by atoms with van der Waals surface area (Å²) in [5.41, 5.74) is 2.91. The molecule has 1 N–H and O–H groups in total. The first-order valence-corrected chi connectivity index (χ1v) is 11.3.